The fourth-order valence-electron chi connectivity index (χ4n) is 2.46. The molecule has 1 saturated heterocycles. The molecule has 0 aromatic carbocycles. The van der Waals surface area contributed by atoms with E-state index in [-0.39, 0.29) is 5.41 Å². The molecule has 1 fully saturated rings. The van der Waals surface area contributed by atoms with E-state index in [0.717, 1.165) is 41.9 Å². The fourth-order valence-corrected chi connectivity index (χ4v) is 3.41. The highest BCUT2D eigenvalue weighted by Gasteiger charge is 2.27. The van der Waals surface area contributed by atoms with Gasteiger partial charge in [-0.15, -0.1) is 10.2 Å². The molecule has 6 nitrogen and oxygen atoms in total. The van der Waals surface area contributed by atoms with E-state index in [9.17, 15) is 0 Å². The summed E-state index contributed by atoms with van der Waals surface area (Å²) >= 11 is 1.70. The lowest BCUT2D eigenvalue weighted by atomic mass is 9.96. The minimum atomic E-state index is 0.0659. The highest BCUT2D eigenvalue weighted by Crippen LogP contribution is 2.33. The Balaban J connectivity index is 1.64. The summed E-state index contributed by atoms with van der Waals surface area (Å²) in [5.74, 6) is 1.89. The van der Waals surface area contributed by atoms with Crippen LogP contribution in [0.1, 0.15) is 56.3 Å². The maximum absolute atomic E-state index is 5.07. The van der Waals surface area contributed by atoms with Gasteiger partial charge in [0.1, 0.15) is 5.01 Å². The van der Waals surface area contributed by atoms with Crippen molar-refractivity contribution in [2.45, 2.75) is 51.9 Å². The molecule has 0 atom stereocenters. The van der Waals surface area contributed by atoms with Crippen molar-refractivity contribution in [3.8, 4) is 0 Å². The average Bonchev–Trinajstić information content (AvgIpc) is 3.07. The molecule has 0 aliphatic carbocycles. The molecule has 0 radical (unpaired) electrons. The highest BCUT2D eigenvalue weighted by molar-refractivity contribution is 7.15. The molecule has 1 aliphatic heterocycles. The molecule has 3 heterocycles. The van der Waals surface area contributed by atoms with E-state index in [0.29, 0.717) is 11.8 Å². The summed E-state index contributed by atoms with van der Waals surface area (Å²) in [4.78, 5) is 6.66. The Labute approximate surface area is 128 Å². The molecule has 0 spiro atoms. The van der Waals surface area contributed by atoms with Gasteiger partial charge in [-0.05, 0) is 12.8 Å². The van der Waals surface area contributed by atoms with Crippen molar-refractivity contribution in [1.29, 1.82) is 0 Å². The number of piperidine rings is 1. The van der Waals surface area contributed by atoms with Gasteiger partial charge in [-0.25, -0.2) is 0 Å². The van der Waals surface area contributed by atoms with Crippen molar-refractivity contribution < 1.29 is 4.52 Å². The zero-order chi connectivity index (χ0) is 15.0. The second-order valence-electron chi connectivity index (χ2n) is 6.57. The number of aromatic nitrogens is 4. The first kappa shape index (κ1) is 14.4. The van der Waals surface area contributed by atoms with Crippen LogP contribution in [0.2, 0.25) is 0 Å². The van der Waals surface area contributed by atoms with E-state index in [1.165, 1.54) is 0 Å². The van der Waals surface area contributed by atoms with E-state index in [1.807, 2.05) is 6.92 Å². The number of anilines is 1. The standard InChI is InChI=1S/C14H21N5OS/c1-9-15-11(18-20-9)10-5-7-19(8-6-10)13-17-16-12(21-13)14(2,3)4/h10H,5-8H2,1-4H3. The number of nitrogens with zero attached hydrogens (tertiary/aromatic N) is 5. The predicted octanol–water partition coefficient (Wildman–Crippen LogP) is 2.91. The number of hydrogen-bond acceptors (Lipinski definition) is 7. The molecule has 21 heavy (non-hydrogen) atoms. The quantitative estimate of drug-likeness (QED) is 0.850. The van der Waals surface area contributed by atoms with Crippen LogP contribution in [0.3, 0.4) is 0 Å². The van der Waals surface area contributed by atoms with Gasteiger partial charge in [0.25, 0.3) is 0 Å². The number of rotatable bonds is 2. The fraction of sp³-hybridized carbons (Fsp3) is 0.714. The number of hydrogen-bond donors (Lipinski definition) is 0. The minimum Gasteiger partial charge on any atom is -0.347 e. The Morgan fingerprint density at radius 3 is 2.43 bits per heavy atom. The van der Waals surface area contributed by atoms with Gasteiger partial charge in [0.15, 0.2) is 5.82 Å². The molecular weight excluding hydrogens is 286 g/mol. The molecule has 0 N–H and O–H groups in total. The summed E-state index contributed by atoms with van der Waals surface area (Å²) in [5.41, 5.74) is 0.0659. The van der Waals surface area contributed by atoms with Gasteiger partial charge in [0.05, 0.1) is 0 Å². The van der Waals surface area contributed by atoms with E-state index in [1.54, 1.807) is 11.3 Å². The van der Waals surface area contributed by atoms with Gasteiger partial charge in [-0.1, -0.05) is 37.3 Å². The van der Waals surface area contributed by atoms with Crippen LogP contribution in [0.4, 0.5) is 5.13 Å². The summed E-state index contributed by atoms with van der Waals surface area (Å²) < 4.78 is 5.07. The van der Waals surface area contributed by atoms with Gasteiger partial charge in [-0.2, -0.15) is 4.98 Å². The maximum atomic E-state index is 5.07. The van der Waals surface area contributed by atoms with Crippen LogP contribution >= 0.6 is 11.3 Å². The third kappa shape index (κ3) is 3.07. The molecular formula is C14H21N5OS. The van der Waals surface area contributed by atoms with Crippen molar-refractivity contribution in [2.24, 2.45) is 0 Å². The Morgan fingerprint density at radius 2 is 1.90 bits per heavy atom. The van der Waals surface area contributed by atoms with Crippen molar-refractivity contribution in [3.63, 3.8) is 0 Å². The monoisotopic (exact) mass is 307 g/mol. The van der Waals surface area contributed by atoms with Crippen molar-refractivity contribution in [1.82, 2.24) is 20.3 Å². The third-order valence-electron chi connectivity index (χ3n) is 3.73. The SMILES string of the molecule is Cc1nc(C2CCN(c3nnc(C(C)(C)C)s3)CC2)no1. The lowest BCUT2D eigenvalue weighted by Crippen LogP contribution is -2.33. The molecule has 114 valence electrons. The van der Waals surface area contributed by atoms with Crippen LogP contribution in [0.15, 0.2) is 4.52 Å². The first-order chi connectivity index (χ1) is 9.93. The van der Waals surface area contributed by atoms with Crippen LogP contribution in [0.5, 0.6) is 0 Å². The summed E-state index contributed by atoms with van der Waals surface area (Å²) in [5, 5.41) is 14.8. The van der Waals surface area contributed by atoms with Crippen molar-refractivity contribution >= 4 is 16.5 Å². The maximum Gasteiger partial charge on any atom is 0.223 e. The summed E-state index contributed by atoms with van der Waals surface area (Å²) in [6.45, 7) is 10.3. The Kier molecular flexibility index (Phi) is 3.69. The van der Waals surface area contributed by atoms with Crippen LogP contribution in [-0.2, 0) is 5.41 Å². The molecule has 7 heteroatoms. The van der Waals surface area contributed by atoms with Crippen LogP contribution < -0.4 is 4.90 Å². The van der Waals surface area contributed by atoms with Gasteiger partial charge in [-0.3, -0.25) is 0 Å². The van der Waals surface area contributed by atoms with Gasteiger partial charge < -0.3 is 9.42 Å². The van der Waals surface area contributed by atoms with Gasteiger partial charge in [0.2, 0.25) is 11.0 Å². The van der Waals surface area contributed by atoms with E-state index >= 15 is 0 Å². The zero-order valence-electron chi connectivity index (χ0n) is 13.0. The first-order valence-corrected chi connectivity index (χ1v) is 8.14. The first-order valence-electron chi connectivity index (χ1n) is 7.32. The molecule has 0 bridgehead atoms. The Hall–Kier alpha value is -1.50. The van der Waals surface area contributed by atoms with Crippen molar-refractivity contribution in [3.05, 3.63) is 16.7 Å². The van der Waals surface area contributed by atoms with Crippen LogP contribution in [0.25, 0.3) is 0 Å². The summed E-state index contributed by atoms with van der Waals surface area (Å²) in [6.07, 6.45) is 2.06. The Morgan fingerprint density at radius 1 is 1.19 bits per heavy atom. The van der Waals surface area contributed by atoms with Crippen LogP contribution in [0, 0.1) is 6.92 Å². The third-order valence-corrected chi connectivity index (χ3v) is 5.14. The molecule has 3 rings (SSSR count). The van der Waals surface area contributed by atoms with E-state index in [4.69, 9.17) is 4.52 Å². The molecule has 0 saturated carbocycles. The zero-order valence-corrected chi connectivity index (χ0v) is 13.8. The topological polar surface area (TPSA) is 67.9 Å². The predicted molar refractivity (Wildman–Crippen MR) is 81.8 cm³/mol. The highest BCUT2D eigenvalue weighted by atomic mass is 32.1. The second kappa shape index (κ2) is 5.36. The lowest BCUT2D eigenvalue weighted by molar-refractivity contribution is 0.375. The smallest absolute Gasteiger partial charge is 0.223 e. The van der Waals surface area contributed by atoms with Crippen LogP contribution in [-0.4, -0.2) is 33.4 Å². The molecule has 2 aromatic heterocycles. The molecule has 2 aromatic rings. The Bertz CT molecular complexity index is 607. The average molecular weight is 307 g/mol. The van der Waals surface area contributed by atoms with Gasteiger partial charge >= 0.3 is 0 Å². The second-order valence-corrected chi connectivity index (χ2v) is 7.53. The van der Waals surface area contributed by atoms with E-state index < -0.39 is 0 Å². The number of aryl methyl sites for hydroxylation is 1. The molecule has 1 aliphatic rings. The lowest BCUT2D eigenvalue weighted by Gasteiger charge is -2.29. The minimum absolute atomic E-state index is 0.0659. The molecule has 0 unspecified atom stereocenters. The normalized spacial score (nSPS) is 17.4. The van der Waals surface area contributed by atoms with E-state index in [2.05, 4.69) is 46.0 Å². The molecule has 0 amide bonds. The summed E-state index contributed by atoms with van der Waals surface area (Å²) in [7, 11) is 0. The van der Waals surface area contributed by atoms with Gasteiger partial charge in [0, 0.05) is 31.3 Å². The van der Waals surface area contributed by atoms with Crippen molar-refractivity contribution in [2.75, 3.05) is 18.0 Å². The summed E-state index contributed by atoms with van der Waals surface area (Å²) in [6, 6.07) is 0. The largest absolute Gasteiger partial charge is 0.347 e.